The Morgan fingerprint density at radius 3 is 2.69 bits per heavy atom. The molecule has 6 heteroatoms. The maximum Gasteiger partial charge on any atom is 0.236 e. The molecule has 1 aliphatic heterocycles. The van der Waals surface area contributed by atoms with E-state index in [1.165, 1.54) is 27.8 Å². The molecule has 0 spiro atoms. The molecule has 1 atom stereocenters. The summed E-state index contributed by atoms with van der Waals surface area (Å²) in [6, 6.07) is 15.3. The van der Waals surface area contributed by atoms with Crippen molar-refractivity contribution in [2.24, 2.45) is 5.73 Å². The van der Waals surface area contributed by atoms with Gasteiger partial charge >= 0.3 is 0 Å². The summed E-state index contributed by atoms with van der Waals surface area (Å²) in [5.74, 6) is 0.191. The molecule has 180 valence electrons. The van der Waals surface area contributed by atoms with E-state index in [1.54, 1.807) is 0 Å². The molecule has 2 N–H and O–H groups in total. The highest BCUT2D eigenvalue weighted by molar-refractivity contribution is 5.79. The number of hydrogen-bond acceptors (Lipinski definition) is 5. The van der Waals surface area contributed by atoms with Gasteiger partial charge in [0.25, 0.3) is 0 Å². The lowest BCUT2D eigenvalue weighted by Crippen LogP contribution is -2.47. The van der Waals surface area contributed by atoms with Crippen LogP contribution in [0, 0.1) is 0 Å². The van der Waals surface area contributed by atoms with E-state index in [0.717, 1.165) is 63.0 Å². The van der Waals surface area contributed by atoms with E-state index in [4.69, 9.17) is 15.7 Å². The number of aromatic nitrogens is 2. The minimum atomic E-state index is 0.123. The molecular weight excluding hydrogens is 434 g/mol. The monoisotopic (exact) mass is 467 g/mol. The van der Waals surface area contributed by atoms with Gasteiger partial charge < -0.3 is 10.6 Å². The smallest absolute Gasteiger partial charge is 0.236 e. The molecule has 35 heavy (non-hydrogen) atoms. The summed E-state index contributed by atoms with van der Waals surface area (Å²) in [5, 5.41) is 0. The van der Waals surface area contributed by atoms with E-state index in [1.807, 2.05) is 23.4 Å². The largest absolute Gasteiger partial charge is 0.341 e. The van der Waals surface area contributed by atoms with Crippen LogP contribution in [0.1, 0.15) is 59.8 Å². The Labute approximate surface area is 207 Å². The zero-order valence-electron chi connectivity index (χ0n) is 20.2. The van der Waals surface area contributed by atoms with Gasteiger partial charge in [-0.15, -0.1) is 0 Å². The zero-order chi connectivity index (χ0) is 23.8. The summed E-state index contributed by atoms with van der Waals surface area (Å²) in [5.41, 5.74) is 14.9. The van der Waals surface area contributed by atoms with Gasteiger partial charge in [-0.1, -0.05) is 30.3 Å². The molecule has 0 bridgehead atoms. The topological polar surface area (TPSA) is 75.3 Å². The number of carbonyl (C=O) groups excluding carboxylic acids is 1. The molecule has 0 unspecified atom stereocenters. The van der Waals surface area contributed by atoms with Gasteiger partial charge in [0, 0.05) is 44.5 Å². The summed E-state index contributed by atoms with van der Waals surface area (Å²) in [4.78, 5) is 27.5. The molecule has 1 aromatic carbocycles. The van der Waals surface area contributed by atoms with Gasteiger partial charge in [0.1, 0.15) is 0 Å². The van der Waals surface area contributed by atoms with Crippen LogP contribution in [0.2, 0.25) is 0 Å². The molecule has 2 aromatic heterocycles. The molecule has 1 saturated heterocycles. The normalized spacial score (nSPS) is 19.4. The Hall–Kier alpha value is -3.09. The van der Waals surface area contributed by atoms with Crippen LogP contribution in [-0.2, 0) is 24.2 Å². The highest BCUT2D eigenvalue weighted by Gasteiger charge is 2.32. The standard InChI is InChI=1S/C29H33N5O/c30-22-11-15-33(16-12-22)28(35)19-34(27-9-3-6-20-7-4-13-32-29(20)27)18-26-25-17-21-5-1-2-8-23(21)24(25)10-14-31-26/h1-2,4-5,7-8,10,13-14,22,27H,3,6,9,11-12,15-19,30H2/t27-/m0/s1. The van der Waals surface area contributed by atoms with Crippen molar-refractivity contribution in [3.8, 4) is 11.1 Å². The number of amides is 1. The number of rotatable bonds is 5. The second kappa shape index (κ2) is 9.51. The fourth-order valence-corrected chi connectivity index (χ4v) is 6.08. The molecule has 3 aliphatic rings. The van der Waals surface area contributed by atoms with Crippen molar-refractivity contribution in [2.75, 3.05) is 19.6 Å². The predicted octanol–water partition coefficient (Wildman–Crippen LogP) is 3.88. The molecule has 2 aliphatic carbocycles. The van der Waals surface area contributed by atoms with Crippen LogP contribution >= 0.6 is 0 Å². The lowest BCUT2D eigenvalue weighted by Gasteiger charge is -2.37. The zero-order valence-corrected chi connectivity index (χ0v) is 20.2. The Kier molecular flexibility index (Phi) is 6.08. The molecule has 3 aromatic rings. The first-order chi connectivity index (χ1) is 17.2. The fourth-order valence-electron chi connectivity index (χ4n) is 6.08. The first-order valence-corrected chi connectivity index (χ1v) is 12.9. The Bertz CT molecular complexity index is 1230. The van der Waals surface area contributed by atoms with E-state index in [2.05, 4.69) is 41.3 Å². The highest BCUT2D eigenvalue weighted by atomic mass is 16.2. The molecular formula is C29H33N5O. The lowest BCUT2D eigenvalue weighted by molar-refractivity contribution is -0.134. The molecule has 1 amide bonds. The van der Waals surface area contributed by atoms with Gasteiger partial charge in [-0.3, -0.25) is 19.7 Å². The number of piperidine rings is 1. The molecule has 6 nitrogen and oxygen atoms in total. The number of nitrogens with two attached hydrogens (primary N) is 1. The summed E-state index contributed by atoms with van der Waals surface area (Å²) < 4.78 is 0. The van der Waals surface area contributed by atoms with E-state index in [0.29, 0.717) is 13.1 Å². The number of pyridine rings is 2. The first kappa shape index (κ1) is 22.4. The lowest BCUT2D eigenvalue weighted by atomic mass is 9.90. The summed E-state index contributed by atoms with van der Waals surface area (Å²) in [6.07, 6.45) is 9.65. The maximum atomic E-state index is 13.5. The maximum absolute atomic E-state index is 13.5. The van der Waals surface area contributed by atoms with Crippen molar-refractivity contribution in [3.05, 3.63) is 82.9 Å². The Morgan fingerprint density at radius 1 is 0.971 bits per heavy atom. The quantitative estimate of drug-likeness (QED) is 0.482. The average molecular weight is 468 g/mol. The van der Waals surface area contributed by atoms with Crippen molar-refractivity contribution in [3.63, 3.8) is 0 Å². The SMILES string of the molecule is NC1CCN(C(=O)CN(Cc2nccc3c2Cc2ccccc2-3)[C@H]2CCCc3cccnc32)CC1. The van der Waals surface area contributed by atoms with E-state index in [9.17, 15) is 4.79 Å². The van der Waals surface area contributed by atoms with Crippen LogP contribution in [0.4, 0.5) is 0 Å². The number of likely N-dealkylation sites (tertiary alicyclic amines) is 1. The van der Waals surface area contributed by atoms with Crippen LogP contribution in [0.15, 0.2) is 54.9 Å². The van der Waals surface area contributed by atoms with Crippen LogP contribution in [-0.4, -0.2) is 51.4 Å². The van der Waals surface area contributed by atoms with Gasteiger partial charge in [-0.05, 0) is 72.1 Å². The average Bonchev–Trinajstić information content (AvgIpc) is 3.28. The van der Waals surface area contributed by atoms with Crippen molar-refractivity contribution < 1.29 is 4.79 Å². The Balaban J connectivity index is 1.32. The van der Waals surface area contributed by atoms with Crippen molar-refractivity contribution in [2.45, 2.75) is 57.2 Å². The van der Waals surface area contributed by atoms with Crippen molar-refractivity contribution in [1.29, 1.82) is 0 Å². The second-order valence-corrected chi connectivity index (χ2v) is 10.2. The van der Waals surface area contributed by atoms with E-state index in [-0.39, 0.29) is 18.0 Å². The van der Waals surface area contributed by atoms with Gasteiger partial charge in [0.2, 0.25) is 5.91 Å². The Morgan fingerprint density at radius 2 is 1.80 bits per heavy atom. The molecule has 0 saturated carbocycles. The van der Waals surface area contributed by atoms with E-state index < -0.39 is 0 Å². The minimum absolute atomic E-state index is 0.123. The number of aryl methyl sites for hydroxylation is 1. The number of hydrogen-bond donors (Lipinski definition) is 1. The van der Waals surface area contributed by atoms with Crippen molar-refractivity contribution in [1.82, 2.24) is 19.8 Å². The first-order valence-electron chi connectivity index (χ1n) is 12.9. The molecule has 0 radical (unpaired) electrons. The third-order valence-electron chi connectivity index (χ3n) is 8.01. The van der Waals surface area contributed by atoms with Crippen LogP contribution in [0.5, 0.6) is 0 Å². The molecule has 6 rings (SSSR count). The van der Waals surface area contributed by atoms with E-state index >= 15 is 0 Å². The van der Waals surface area contributed by atoms with Gasteiger partial charge in [0.15, 0.2) is 0 Å². The summed E-state index contributed by atoms with van der Waals surface area (Å²) >= 11 is 0. The third-order valence-corrected chi connectivity index (χ3v) is 8.01. The third kappa shape index (κ3) is 4.37. The van der Waals surface area contributed by atoms with Crippen molar-refractivity contribution >= 4 is 5.91 Å². The van der Waals surface area contributed by atoms with Crippen LogP contribution in [0.3, 0.4) is 0 Å². The second-order valence-electron chi connectivity index (χ2n) is 10.2. The minimum Gasteiger partial charge on any atom is -0.341 e. The van der Waals surface area contributed by atoms with Crippen LogP contribution < -0.4 is 5.73 Å². The number of fused-ring (bicyclic) bond motifs is 4. The highest BCUT2D eigenvalue weighted by Crippen LogP contribution is 2.39. The molecule has 1 fully saturated rings. The number of carbonyl (C=O) groups is 1. The fraction of sp³-hybridized carbons (Fsp3) is 0.414. The molecule has 3 heterocycles. The number of benzene rings is 1. The van der Waals surface area contributed by atoms with Crippen LogP contribution in [0.25, 0.3) is 11.1 Å². The van der Waals surface area contributed by atoms with Gasteiger partial charge in [-0.2, -0.15) is 0 Å². The number of nitrogens with zero attached hydrogens (tertiary/aromatic N) is 4. The van der Waals surface area contributed by atoms with Gasteiger partial charge in [0.05, 0.1) is 24.0 Å². The van der Waals surface area contributed by atoms with Gasteiger partial charge in [-0.25, -0.2) is 0 Å². The predicted molar refractivity (Wildman–Crippen MR) is 137 cm³/mol. The summed E-state index contributed by atoms with van der Waals surface area (Å²) in [6.45, 7) is 2.54. The summed E-state index contributed by atoms with van der Waals surface area (Å²) in [7, 11) is 0.